The zero-order valence-corrected chi connectivity index (χ0v) is 12.1. The van der Waals surface area contributed by atoms with Gasteiger partial charge in [0, 0.05) is 0 Å². The molecule has 0 aliphatic carbocycles. The molecule has 0 bridgehead atoms. The van der Waals surface area contributed by atoms with Gasteiger partial charge in [0.15, 0.2) is 0 Å². The maximum absolute atomic E-state index is 5.86. The average Bonchev–Trinajstić information content (AvgIpc) is 2.47. The van der Waals surface area contributed by atoms with Crippen LogP contribution in [0.15, 0.2) is 54.6 Å². The lowest BCUT2D eigenvalue weighted by Crippen LogP contribution is -2.22. The molecule has 0 aliphatic heterocycles. The number of benzene rings is 2. The van der Waals surface area contributed by atoms with Crippen LogP contribution in [0.5, 0.6) is 0 Å². The summed E-state index contributed by atoms with van der Waals surface area (Å²) in [6.45, 7) is 4.14. The van der Waals surface area contributed by atoms with Crippen LogP contribution in [0.4, 0.5) is 0 Å². The van der Waals surface area contributed by atoms with Gasteiger partial charge in [-0.1, -0.05) is 60.2 Å². The monoisotopic (exact) mass is 269 g/mol. The fraction of sp³-hybridized carbons (Fsp3) is 0.333. The van der Waals surface area contributed by atoms with E-state index in [4.69, 9.17) is 10.5 Å². The van der Waals surface area contributed by atoms with Crippen molar-refractivity contribution in [1.82, 2.24) is 0 Å². The molecule has 20 heavy (non-hydrogen) atoms. The molecule has 0 fully saturated rings. The van der Waals surface area contributed by atoms with Crippen LogP contribution in [-0.2, 0) is 17.8 Å². The van der Waals surface area contributed by atoms with Crippen molar-refractivity contribution in [2.45, 2.75) is 20.0 Å². The Bertz CT molecular complexity index is 510. The molecule has 2 rings (SSSR count). The van der Waals surface area contributed by atoms with Crippen molar-refractivity contribution in [1.29, 1.82) is 0 Å². The van der Waals surface area contributed by atoms with Crippen LogP contribution in [0.1, 0.15) is 16.7 Å². The Labute approximate surface area is 121 Å². The Balaban J connectivity index is 1.80. The highest BCUT2D eigenvalue weighted by atomic mass is 16.5. The first-order valence-electron chi connectivity index (χ1n) is 7.15. The lowest BCUT2D eigenvalue weighted by molar-refractivity contribution is 0.0892. The summed E-state index contributed by atoms with van der Waals surface area (Å²) in [6, 6.07) is 18.8. The Hall–Kier alpha value is -1.64. The summed E-state index contributed by atoms with van der Waals surface area (Å²) in [5, 5.41) is 0. The molecule has 0 spiro atoms. The molecule has 2 aromatic carbocycles. The molecule has 0 aromatic heterocycles. The van der Waals surface area contributed by atoms with Gasteiger partial charge >= 0.3 is 0 Å². The third-order valence-corrected chi connectivity index (χ3v) is 3.41. The Morgan fingerprint density at radius 2 is 1.75 bits per heavy atom. The SMILES string of the molecule is Cc1cccc(CC(CN)COCc2ccccc2)c1. The summed E-state index contributed by atoms with van der Waals surface area (Å²) >= 11 is 0. The van der Waals surface area contributed by atoms with Crippen molar-refractivity contribution in [3.8, 4) is 0 Å². The highest BCUT2D eigenvalue weighted by Gasteiger charge is 2.08. The van der Waals surface area contributed by atoms with Gasteiger partial charge in [-0.2, -0.15) is 0 Å². The quantitative estimate of drug-likeness (QED) is 0.836. The highest BCUT2D eigenvalue weighted by Crippen LogP contribution is 2.11. The fourth-order valence-corrected chi connectivity index (χ4v) is 2.30. The van der Waals surface area contributed by atoms with Gasteiger partial charge in [-0.3, -0.25) is 0 Å². The van der Waals surface area contributed by atoms with Crippen molar-refractivity contribution in [2.24, 2.45) is 11.7 Å². The van der Waals surface area contributed by atoms with Gasteiger partial charge in [-0.05, 0) is 36.9 Å². The molecule has 1 atom stereocenters. The molecule has 1 unspecified atom stereocenters. The summed E-state index contributed by atoms with van der Waals surface area (Å²) in [5.74, 6) is 0.375. The smallest absolute Gasteiger partial charge is 0.0717 e. The number of nitrogens with two attached hydrogens (primary N) is 1. The van der Waals surface area contributed by atoms with E-state index in [0.717, 1.165) is 6.42 Å². The maximum atomic E-state index is 5.86. The number of aryl methyl sites for hydroxylation is 1. The van der Waals surface area contributed by atoms with Crippen LogP contribution in [0.25, 0.3) is 0 Å². The van der Waals surface area contributed by atoms with Gasteiger partial charge in [-0.25, -0.2) is 0 Å². The predicted octanol–water partition coefficient (Wildman–Crippen LogP) is 3.33. The molecular weight excluding hydrogens is 246 g/mol. The molecule has 0 amide bonds. The molecule has 2 aromatic rings. The third-order valence-electron chi connectivity index (χ3n) is 3.41. The van der Waals surface area contributed by atoms with E-state index >= 15 is 0 Å². The fourth-order valence-electron chi connectivity index (χ4n) is 2.30. The van der Waals surface area contributed by atoms with E-state index in [-0.39, 0.29) is 0 Å². The van der Waals surface area contributed by atoms with E-state index in [1.165, 1.54) is 16.7 Å². The predicted molar refractivity (Wildman–Crippen MR) is 83.5 cm³/mol. The minimum absolute atomic E-state index is 0.375. The van der Waals surface area contributed by atoms with Gasteiger partial charge in [0.05, 0.1) is 13.2 Å². The zero-order valence-electron chi connectivity index (χ0n) is 12.1. The highest BCUT2D eigenvalue weighted by molar-refractivity contribution is 5.22. The number of rotatable bonds is 7. The van der Waals surface area contributed by atoms with Gasteiger partial charge < -0.3 is 10.5 Å². The topological polar surface area (TPSA) is 35.2 Å². The lowest BCUT2D eigenvalue weighted by atomic mass is 9.99. The summed E-state index contributed by atoms with van der Waals surface area (Å²) in [7, 11) is 0. The van der Waals surface area contributed by atoms with Gasteiger partial charge in [0.1, 0.15) is 0 Å². The molecule has 0 saturated heterocycles. The Kier molecular flexibility index (Phi) is 5.78. The average molecular weight is 269 g/mol. The molecule has 106 valence electrons. The van der Waals surface area contributed by atoms with Crippen LogP contribution < -0.4 is 5.73 Å². The van der Waals surface area contributed by atoms with Crippen molar-refractivity contribution in [2.75, 3.05) is 13.2 Å². The Morgan fingerprint density at radius 1 is 1.00 bits per heavy atom. The number of hydrogen-bond acceptors (Lipinski definition) is 2. The number of ether oxygens (including phenoxy) is 1. The van der Waals surface area contributed by atoms with E-state index in [1.807, 2.05) is 18.2 Å². The van der Waals surface area contributed by atoms with Gasteiger partial charge in [0.25, 0.3) is 0 Å². The maximum Gasteiger partial charge on any atom is 0.0717 e. The van der Waals surface area contributed by atoms with E-state index in [1.54, 1.807) is 0 Å². The van der Waals surface area contributed by atoms with E-state index < -0.39 is 0 Å². The molecule has 0 heterocycles. The van der Waals surface area contributed by atoms with E-state index in [0.29, 0.717) is 25.7 Å². The third kappa shape index (κ3) is 4.80. The minimum atomic E-state index is 0.375. The zero-order chi connectivity index (χ0) is 14.2. The molecule has 0 radical (unpaired) electrons. The van der Waals surface area contributed by atoms with E-state index in [9.17, 15) is 0 Å². The lowest BCUT2D eigenvalue weighted by Gasteiger charge is -2.15. The van der Waals surface area contributed by atoms with Crippen molar-refractivity contribution >= 4 is 0 Å². The molecule has 2 heteroatoms. The van der Waals surface area contributed by atoms with Crippen molar-refractivity contribution < 1.29 is 4.74 Å². The van der Waals surface area contributed by atoms with Crippen LogP contribution >= 0.6 is 0 Å². The Morgan fingerprint density at radius 3 is 2.45 bits per heavy atom. The van der Waals surface area contributed by atoms with Gasteiger partial charge in [0.2, 0.25) is 0 Å². The number of hydrogen-bond donors (Lipinski definition) is 1. The summed E-state index contributed by atoms with van der Waals surface area (Å²) < 4.78 is 5.80. The molecule has 0 aliphatic rings. The molecule has 2 N–H and O–H groups in total. The van der Waals surface area contributed by atoms with Crippen molar-refractivity contribution in [3.05, 3.63) is 71.3 Å². The first-order chi connectivity index (χ1) is 9.78. The van der Waals surface area contributed by atoms with E-state index in [2.05, 4.69) is 43.3 Å². The molecular formula is C18H23NO. The van der Waals surface area contributed by atoms with Crippen molar-refractivity contribution in [3.63, 3.8) is 0 Å². The minimum Gasteiger partial charge on any atom is -0.376 e. The summed E-state index contributed by atoms with van der Waals surface area (Å²) in [6.07, 6.45) is 0.979. The second-order valence-corrected chi connectivity index (χ2v) is 5.30. The van der Waals surface area contributed by atoms with Crippen LogP contribution in [-0.4, -0.2) is 13.2 Å². The second-order valence-electron chi connectivity index (χ2n) is 5.30. The first-order valence-corrected chi connectivity index (χ1v) is 7.15. The summed E-state index contributed by atoms with van der Waals surface area (Å²) in [4.78, 5) is 0. The van der Waals surface area contributed by atoms with Gasteiger partial charge in [-0.15, -0.1) is 0 Å². The first kappa shape index (κ1) is 14.8. The molecule has 2 nitrogen and oxygen atoms in total. The normalized spacial score (nSPS) is 12.3. The standard InChI is InChI=1S/C18H23NO/c1-15-6-5-9-17(10-15)11-18(12-19)14-20-13-16-7-3-2-4-8-16/h2-10,18H,11-14,19H2,1H3. The largest absolute Gasteiger partial charge is 0.376 e. The summed E-state index contributed by atoms with van der Waals surface area (Å²) in [5.41, 5.74) is 9.70. The second kappa shape index (κ2) is 7.83. The van der Waals surface area contributed by atoms with Crippen LogP contribution in [0.2, 0.25) is 0 Å². The van der Waals surface area contributed by atoms with Crippen LogP contribution in [0, 0.1) is 12.8 Å². The molecule has 0 saturated carbocycles. The van der Waals surface area contributed by atoms with Crippen LogP contribution in [0.3, 0.4) is 0 Å².